The fourth-order valence-corrected chi connectivity index (χ4v) is 2.28. The molecule has 2 aromatic rings. The van der Waals surface area contributed by atoms with Gasteiger partial charge in [0.15, 0.2) is 11.5 Å². The van der Waals surface area contributed by atoms with E-state index in [0.29, 0.717) is 23.2 Å². The average molecular weight is 344 g/mol. The first-order chi connectivity index (χ1) is 11.7. The SMILES string of the molecule is CCNC(=S)N[NH+]=Cc1cccc(OC)c1OCc1ccccc1. The summed E-state index contributed by atoms with van der Waals surface area (Å²) in [5.41, 5.74) is 4.84. The second kappa shape index (κ2) is 9.52. The van der Waals surface area contributed by atoms with Crippen LogP contribution in [0.4, 0.5) is 0 Å². The van der Waals surface area contributed by atoms with Gasteiger partial charge in [0.2, 0.25) is 11.3 Å². The van der Waals surface area contributed by atoms with Crippen molar-refractivity contribution in [1.29, 1.82) is 0 Å². The molecule has 0 aliphatic carbocycles. The maximum atomic E-state index is 5.98. The quantitative estimate of drug-likeness (QED) is 0.400. The van der Waals surface area contributed by atoms with Crippen LogP contribution in [0, 0.1) is 0 Å². The zero-order chi connectivity index (χ0) is 17.2. The van der Waals surface area contributed by atoms with E-state index < -0.39 is 0 Å². The Balaban J connectivity index is 2.12. The minimum absolute atomic E-state index is 0.464. The largest absolute Gasteiger partial charge is 0.493 e. The van der Waals surface area contributed by atoms with Gasteiger partial charge >= 0.3 is 0 Å². The molecule has 0 spiro atoms. The third kappa shape index (κ3) is 5.24. The lowest BCUT2D eigenvalue weighted by molar-refractivity contribution is -0.500. The lowest BCUT2D eigenvalue weighted by Gasteiger charge is -2.12. The number of para-hydroxylation sites is 1. The van der Waals surface area contributed by atoms with E-state index in [1.54, 1.807) is 13.3 Å². The Morgan fingerprint density at radius 2 is 1.96 bits per heavy atom. The van der Waals surface area contributed by atoms with Crippen LogP contribution in [0.15, 0.2) is 48.5 Å². The number of methoxy groups -OCH3 is 1. The monoisotopic (exact) mass is 344 g/mol. The van der Waals surface area contributed by atoms with E-state index >= 15 is 0 Å². The second-order valence-corrected chi connectivity index (χ2v) is 5.33. The Bertz CT molecular complexity index is 690. The molecule has 2 aromatic carbocycles. The highest BCUT2D eigenvalue weighted by Gasteiger charge is 2.11. The number of hydrogen-bond donors (Lipinski definition) is 3. The average Bonchev–Trinajstić information content (AvgIpc) is 2.61. The summed E-state index contributed by atoms with van der Waals surface area (Å²) < 4.78 is 11.4. The number of rotatable bonds is 7. The summed E-state index contributed by atoms with van der Waals surface area (Å²) in [7, 11) is 1.63. The van der Waals surface area contributed by atoms with Crippen LogP contribution >= 0.6 is 12.2 Å². The molecule has 0 saturated carbocycles. The second-order valence-electron chi connectivity index (χ2n) is 4.93. The van der Waals surface area contributed by atoms with Gasteiger partial charge in [-0.25, -0.2) is 0 Å². The van der Waals surface area contributed by atoms with Crippen LogP contribution in [0.1, 0.15) is 18.1 Å². The van der Waals surface area contributed by atoms with Crippen LogP contribution in [0.5, 0.6) is 11.5 Å². The molecule has 0 fully saturated rings. The van der Waals surface area contributed by atoms with Crippen molar-refractivity contribution in [2.45, 2.75) is 13.5 Å². The molecule has 2 rings (SSSR count). The molecule has 0 bridgehead atoms. The van der Waals surface area contributed by atoms with Crippen molar-refractivity contribution >= 4 is 23.5 Å². The number of thiocarbonyl (C=S) groups is 1. The molecular formula is C18H22N3O2S+. The molecule has 3 N–H and O–H groups in total. The van der Waals surface area contributed by atoms with Gasteiger partial charge in [0.1, 0.15) is 6.61 Å². The number of benzene rings is 2. The van der Waals surface area contributed by atoms with E-state index in [1.807, 2.05) is 55.5 Å². The predicted molar refractivity (Wildman–Crippen MR) is 99.3 cm³/mol. The van der Waals surface area contributed by atoms with E-state index in [0.717, 1.165) is 17.7 Å². The highest BCUT2D eigenvalue weighted by molar-refractivity contribution is 7.80. The van der Waals surface area contributed by atoms with Gasteiger partial charge in [0, 0.05) is 6.54 Å². The molecule has 24 heavy (non-hydrogen) atoms. The third-order valence-electron chi connectivity index (χ3n) is 3.21. The Morgan fingerprint density at radius 1 is 1.17 bits per heavy atom. The van der Waals surface area contributed by atoms with Gasteiger partial charge < -0.3 is 14.8 Å². The van der Waals surface area contributed by atoms with E-state index in [2.05, 4.69) is 15.8 Å². The summed E-state index contributed by atoms with van der Waals surface area (Å²) in [5.74, 6) is 1.35. The normalized spacial score (nSPS) is 10.4. The Labute approximate surface area is 147 Å². The standard InChI is InChI=1S/C18H21N3O2S/c1-3-19-18(24)21-20-12-15-10-7-11-16(22-2)17(15)23-13-14-8-5-4-6-9-14/h4-12H,3,13H2,1-2H3,(H2,19,21,24)/p+1. The summed E-state index contributed by atoms with van der Waals surface area (Å²) in [5, 5.41) is 6.49. The van der Waals surface area contributed by atoms with Crippen molar-refractivity contribution in [2.75, 3.05) is 13.7 Å². The Hall–Kier alpha value is -2.60. The third-order valence-corrected chi connectivity index (χ3v) is 3.45. The smallest absolute Gasteiger partial charge is 0.223 e. The number of hydrazine groups is 1. The number of ether oxygens (including phenoxy) is 2. The van der Waals surface area contributed by atoms with Gasteiger partial charge in [-0.3, -0.25) is 0 Å². The van der Waals surface area contributed by atoms with E-state index in [4.69, 9.17) is 21.7 Å². The number of nitrogens with one attached hydrogen (secondary N) is 3. The van der Waals surface area contributed by atoms with Crippen molar-refractivity contribution in [2.24, 2.45) is 0 Å². The van der Waals surface area contributed by atoms with Crippen molar-refractivity contribution in [3.63, 3.8) is 0 Å². The van der Waals surface area contributed by atoms with Crippen LogP contribution in [-0.2, 0) is 6.61 Å². The summed E-state index contributed by atoms with van der Waals surface area (Å²) >= 11 is 5.10. The van der Waals surface area contributed by atoms with E-state index in [-0.39, 0.29) is 0 Å². The topological polar surface area (TPSA) is 56.5 Å². The van der Waals surface area contributed by atoms with Gasteiger partial charge in [0.05, 0.1) is 12.7 Å². The predicted octanol–water partition coefficient (Wildman–Crippen LogP) is 1.17. The number of hydrazone groups is 1. The first kappa shape index (κ1) is 17.7. The molecule has 0 atom stereocenters. The molecule has 0 radical (unpaired) electrons. The van der Waals surface area contributed by atoms with Crippen LogP contribution in [0.3, 0.4) is 0 Å². The molecule has 5 nitrogen and oxygen atoms in total. The maximum absolute atomic E-state index is 5.98. The number of hydrogen-bond acceptors (Lipinski definition) is 3. The summed E-state index contributed by atoms with van der Waals surface area (Å²) in [6, 6.07) is 15.7. The lowest BCUT2D eigenvalue weighted by Crippen LogP contribution is -2.82. The molecule has 0 aromatic heterocycles. The molecule has 6 heteroatoms. The first-order valence-corrected chi connectivity index (χ1v) is 8.11. The highest BCUT2D eigenvalue weighted by atomic mass is 32.1. The highest BCUT2D eigenvalue weighted by Crippen LogP contribution is 2.30. The molecule has 0 aliphatic heterocycles. The Kier molecular flexibility index (Phi) is 7.04. The first-order valence-electron chi connectivity index (χ1n) is 7.71. The van der Waals surface area contributed by atoms with Gasteiger partial charge in [0.25, 0.3) is 0 Å². The van der Waals surface area contributed by atoms with E-state index in [1.165, 1.54) is 0 Å². The molecule has 0 aliphatic rings. The minimum Gasteiger partial charge on any atom is -0.493 e. The van der Waals surface area contributed by atoms with Crippen LogP contribution in [-0.4, -0.2) is 25.0 Å². The van der Waals surface area contributed by atoms with Crippen molar-refractivity contribution < 1.29 is 14.6 Å². The van der Waals surface area contributed by atoms with Crippen LogP contribution in [0.25, 0.3) is 0 Å². The summed E-state index contributed by atoms with van der Waals surface area (Å²) in [6.07, 6.45) is 1.78. The van der Waals surface area contributed by atoms with Crippen LogP contribution in [0.2, 0.25) is 0 Å². The van der Waals surface area contributed by atoms with Crippen molar-refractivity contribution in [3.8, 4) is 11.5 Å². The zero-order valence-corrected chi connectivity index (χ0v) is 14.7. The van der Waals surface area contributed by atoms with Gasteiger partial charge in [-0.2, -0.15) is 0 Å². The summed E-state index contributed by atoms with van der Waals surface area (Å²) in [4.78, 5) is 0. The fourth-order valence-electron chi connectivity index (χ4n) is 2.08. The maximum Gasteiger partial charge on any atom is 0.223 e. The molecule has 0 unspecified atom stereocenters. The zero-order valence-electron chi connectivity index (χ0n) is 13.8. The fraction of sp³-hybridized carbons (Fsp3) is 0.222. The molecule has 0 amide bonds. The van der Waals surface area contributed by atoms with Gasteiger partial charge in [-0.05, 0) is 36.8 Å². The minimum atomic E-state index is 0.464. The lowest BCUT2D eigenvalue weighted by atomic mass is 10.2. The molecule has 126 valence electrons. The van der Waals surface area contributed by atoms with Crippen molar-refractivity contribution in [3.05, 3.63) is 59.7 Å². The van der Waals surface area contributed by atoms with Crippen LogP contribution < -0.4 is 25.3 Å². The summed E-state index contributed by atoms with van der Waals surface area (Å²) in [6.45, 7) is 3.21. The van der Waals surface area contributed by atoms with Gasteiger partial charge in [-0.1, -0.05) is 36.4 Å². The molecule has 0 heterocycles. The van der Waals surface area contributed by atoms with Crippen molar-refractivity contribution in [1.82, 2.24) is 10.7 Å². The van der Waals surface area contributed by atoms with Gasteiger partial charge in [-0.15, -0.1) is 10.5 Å². The Morgan fingerprint density at radius 3 is 2.67 bits per heavy atom. The molecule has 0 saturated heterocycles. The molecular weight excluding hydrogens is 322 g/mol. The van der Waals surface area contributed by atoms with E-state index in [9.17, 15) is 0 Å².